The molecule has 1 fully saturated rings. The molecule has 3 heteroatoms. The van der Waals surface area contributed by atoms with E-state index in [1.807, 2.05) is 0 Å². The third-order valence-corrected chi connectivity index (χ3v) is 5.63. The Bertz CT molecular complexity index is 284. The highest BCUT2D eigenvalue weighted by atomic mass is 28.3. The molecule has 76 valence electrons. The molecule has 14 heavy (non-hydrogen) atoms. The lowest BCUT2D eigenvalue weighted by atomic mass is 10.2. The predicted octanol–water partition coefficient (Wildman–Crippen LogP) is 0.552. The highest BCUT2D eigenvalue weighted by molar-refractivity contribution is 6.68. The van der Waals surface area contributed by atoms with Gasteiger partial charge in [-0.2, -0.15) is 0 Å². The summed E-state index contributed by atoms with van der Waals surface area (Å²) in [5, 5.41) is 1.52. The van der Waals surface area contributed by atoms with Crippen LogP contribution in [0.2, 0.25) is 6.04 Å². The van der Waals surface area contributed by atoms with Crippen LogP contribution in [0.5, 0.6) is 0 Å². The first-order valence-corrected chi connectivity index (χ1v) is 6.91. The van der Waals surface area contributed by atoms with E-state index in [9.17, 15) is 0 Å². The first-order valence-electron chi connectivity index (χ1n) is 5.05. The van der Waals surface area contributed by atoms with Crippen LogP contribution >= 0.6 is 0 Å². The summed E-state index contributed by atoms with van der Waals surface area (Å²) in [4.78, 5) is 0. The standard InChI is InChI=1S/C11H16OSi.BH3/c1-10-6-2-3-7-11(10)13-9-5-4-8-12-13;/h2-3,6-7,13H,4-5,8-9H2,1H3;1H3. The first-order chi connectivity index (χ1) is 6.38. The molecule has 2 rings (SSSR count). The van der Waals surface area contributed by atoms with Gasteiger partial charge in [0.15, 0.2) is 0 Å². The van der Waals surface area contributed by atoms with Crippen molar-refractivity contribution in [1.29, 1.82) is 0 Å². The molecule has 1 heterocycles. The number of hydrogen-bond donors (Lipinski definition) is 0. The Labute approximate surface area is 89.8 Å². The molecule has 1 nitrogen and oxygen atoms in total. The SMILES string of the molecule is B.Cc1ccccc1[SiH]1CCCCO1. The maximum atomic E-state index is 5.88. The summed E-state index contributed by atoms with van der Waals surface area (Å²) in [7, 11) is -1.02. The van der Waals surface area contributed by atoms with Crippen molar-refractivity contribution < 1.29 is 4.43 Å². The van der Waals surface area contributed by atoms with Crippen LogP contribution in [-0.2, 0) is 4.43 Å². The van der Waals surface area contributed by atoms with Crippen molar-refractivity contribution in [2.75, 3.05) is 6.61 Å². The van der Waals surface area contributed by atoms with E-state index in [1.54, 1.807) is 0 Å². The van der Waals surface area contributed by atoms with Crippen LogP contribution in [-0.4, -0.2) is 24.1 Å². The zero-order chi connectivity index (χ0) is 9.10. The molecule has 0 bridgehead atoms. The second kappa shape index (κ2) is 5.37. The number of aryl methyl sites for hydroxylation is 1. The molecule has 1 aromatic rings. The Morgan fingerprint density at radius 2 is 2.00 bits per heavy atom. The zero-order valence-corrected chi connectivity index (χ0v) is 9.28. The highest BCUT2D eigenvalue weighted by Crippen LogP contribution is 2.12. The van der Waals surface area contributed by atoms with Crippen molar-refractivity contribution in [2.24, 2.45) is 0 Å². The summed E-state index contributed by atoms with van der Waals surface area (Å²) in [5.74, 6) is 0. The molecule has 0 N–H and O–H groups in total. The lowest BCUT2D eigenvalue weighted by Crippen LogP contribution is -2.37. The van der Waals surface area contributed by atoms with Crippen molar-refractivity contribution in [3.8, 4) is 0 Å². The molecule has 1 aromatic carbocycles. The van der Waals surface area contributed by atoms with E-state index in [0.717, 1.165) is 6.61 Å². The molecule has 1 unspecified atom stereocenters. The monoisotopic (exact) mass is 206 g/mol. The number of rotatable bonds is 1. The van der Waals surface area contributed by atoms with Gasteiger partial charge in [-0.3, -0.25) is 0 Å². The third kappa shape index (κ3) is 2.49. The van der Waals surface area contributed by atoms with Gasteiger partial charge in [0.25, 0.3) is 0 Å². The molecule has 0 amide bonds. The average Bonchev–Trinajstić information content (AvgIpc) is 2.20. The highest BCUT2D eigenvalue weighted by Gasteiger charge is 2.19. The van der Waals surface area contributed by atoms with Gasteiger partial charge in [0, 0.05) is 6.61 Å². The van der Waals surface area contributed by atoms with E-state index in [4.69, 9.17) is 4.43 Å². The maximum Gasteiger partial charge on any atom is 0.208 e. The quantitative estimate of drug-likeness (QED) is 0.610. The maximum absolute atomic E-state index is 5.88. The molecule has 1 aliphatic rings. The summed E-state index contributed by atoms with van der Waals surface area (Å²) in [6.07, 6.45) is 2.63. The van der Waals surface area contributed by atoms with Crippen LogP contribution < -0.4 is 5.19 Å². The van der Waals surface area contributed by atoms with Gasteiger partial charge in [0.05, 0.1) is 8.41 Å². The second-order valence-electron chi connectivity index (χ2n) is 3.71. The average molecular weight is 206 g/mol. The molecular weight excluding hydrogens is 187 g/mol. The Morgan fingerprint density at radius 1 is 1.21 bits per heavy atom. The molecule has 1 saturated heterocycles. The van der Waals surface area contributed by atoms with E-state index in [0.29, 0.717) is 0 Å². The first kappa shape index (κ1) is 11.5. The molecule has 0 radical (unpaired) electrons. The third-order valence-electron chi connectivity index (χ3n) is 2.72. The molecular formula is C11H19BOSi. The summed E-state index contributed by atoms with van der Waals surface area (Å²) >= 11 is 0. The van der Waals surface area contributed by atoms with Crippen molar-refractivity contribution in [3.05, 3.63) is 29.8 Å². The topological polar surface area (TPSA) is 9.23 Å². The summed E-state index contributed by atoms with van der Waals surface area (Å²) in [5.41, 5.74) is 1.42. The van der Waals surface area contributed by atoms with Gasteiger partial charge in [-0.05, 0) is 30.1 Å². The molecule has 1 atom stereocenters. The second-order valence-corrected chi connectivity index (χ2v) is 6.22. The van der Waals surface area contributed by atoms with Gasteiger partial charge in [-0.25, -0.2) is 0 Å². The summed E-state index contributed by atoms with van der Waals surface area (Å²) in [6, 6.07) is 10.0. The van der Waals surface area contributed by atoms with Crippen LogP contribution in [0.4, 0.5) is 0 Å². The normalized spacial score (nSPS) is 21.4. The van der Waals surface area contributed by atoms with E-state index < -0.39 is 9.04 Å². The van der Waals surface area contributed by atoms with Crippen LogP contribution in [0, 0.1) is 6.92 Å². The van der Waals surface area contributed by atoms with Crippen molar-refractivity contribution in [2.45, 2.75) is 25.8 Å². The van der Waals surface area contributed by atoms with Crippen molar-refractivity contribution in [3.63, 3.8) is 0 Å². The zero-order valence-electron chi connectivity index (χ0n) is 8.12. The predicted molar refractivity (Wildman–Crippen MR) is 67.9 cm³/mol. The minimum atomic E-state index is -1.02. The Hall–Kier alpha value is -0.538. The minimum Gasteiger partial charge on any atom is -0.415 e. The summed E-state index contributed by atoms with van der Waals surface area (Å²) < 4.78 is 5.88. The van der Waals surface area contributed by atoms with E-state index >= 15 is 0 Å². The van der Waals surface area contributed by atoms with Crippen LogP contribution in [0.1, 0.15) is 18.4 Å². The van der Waals surface area contributed by atoms with Crippen LogP contribution in [0.15, 0.2) is 24.3 Å². The molecule has 0 spiro atoms. The number of benzene rings is 1. The lowest BCUT2D eigenvalue weighted by Gasteiger charge is -2.22. The Balaban J connectivity index is 0.000000980. The van der Waals surface area contributed by atoms with Crippen LogP contribution in [0.3, 0.4) is 0 Å². The summed E-state index contributed by atoms with van der Waals surface area (Å²) in [6.45, 7) is 3.19. The Kier molecular flexibility index (Phi) is 4.42. The molecule has 1 aliphatic heterocycles. The fraction of sp³-hybridized carbons (Fsp3) is 0.455. The molecule has 0 aromatic heterocycles. The smallest absolute Gasteiger partial charge is 0.208 e. The Morgan fingerprint density at radius 3 is 2.64 bits per heavy atom. The fourth-order valence-corrected chi connectivity index (χ4v) is 4.63. The van der Waals surface area contributed by atoms with Crippen molar-refractivity contribution in [1.82, 2.24) is 0 Å². The molecule has 0 saturated carbocycles. The minimum absolute atomic E-state index is 0. The van der Waals surface area contributed by atoms with E-state index in [-0.39, 0.29) is 8.41 Å². The van der Waals surface area contributed by atoms with Gasteiger partial charge in [-0.15, -0.1) is 0 Å². The fourth-order valence-electron chi connectivity index (χ4n) is 1.93. The van der Waals surface area contributed by atoms with Gasteiger partial charge in [0.2, 0.25) is 9.04 Å². The van der Waals surface area contributed by atoms with Gasteiger partial charge in [0.1, 0.15) is 0 Å². The lowest BCUT2D eigenvalue weighted by molar-refractivity contribution is 0.294. The van der Waals surface area contributed by atoms with Crippen molar-refractivity contribution >= 4 is 22.6 Å². The largest absolute Gasteiger partial charge is 0.415 e. The van der Waals surface area contributed by atoms with Crippen LogP contribution in [0.25, 0.3) is 0 Å². The van der Waals surface area contributed by atoms with E-state index in [2.05, 4.69) is 31.2 Å². The van der Waals surface area contributed by atoms with Gasteiger partial charge in [-0.1, -0.05) is 30.7 Å². The van der Waals surface area contributed by atoms with Gasteiger partial charge < -0.3 is 4.43 Å². The molecule has 0 aliphatic carbocycles. The van der Waals surface area contributed by atoms with Gasteiger partial charge >= 0.3 is 0 Å². The van der Waals surface area contributed by atoms with E-state index in [1.165, 1.54) is 29.6 Å². The number of hydrogen-bond acceptors (Lipinski definition) is 1.